The Kier molecular flexibility index (Phi) is 2.58. The normalized spacial score (nSPS) is 22.3. The van der Waals surface area contributed by atoms with E-state index in [0.717, 1.165) is 24.9 Å². The van der Waals surface area contributed by atoms with Crippen LogP contribution >= 0.6 is 0 Å². The van der Waals surface area contributed by atoms with E-state index < -0.39 is 5.41 Å². The number of hydrazine groups is 1. The first-order chi connectivity index (χ1) is 8.74. The third kappa shape index (κ3) is 1.52. The van der Waals surface area contributed by atoms with Gasteiger partial charge in [-0.2, -0.15) is 0 Å². The highest BCUT2D eigenvalue weighted by atomic mass is 16.2. The summed E-state index contributed by atoms with van der Waals surface area (Å²) in [6, 6.07) is 9.28. The van der Waals surface area contributed by atoms with E-state index in [-0.39, 0.29) is 11.8 Å². The molecular formula is C14H16N2O2. The van der Waals surface area contributed by atoms with Gasteiger partial charge in [-0.05, 0) is 25.0 Å². The smallest absolute Gasteiger partial charge is 0.261 e. The molecule has 0 aromatic heterocycles. The van der Waals surface area contributed by atoms with E-state index in [4.69, 9.17) is 0 Å². The molecule has 2 amide bonds. The molecule has 94 valence electrons. The fraction of sp³-hybridized carbons (Fsp3) is 0.429. The average Bonchev–Trinajstić information content (AvgIpc) is 2.66. The molecule has 1 saturated carbocycles. The van der Waals surface area contributed by atoms with E-state index in [1.807, 2.05) is 30.3 Å². The van der Waals surface area contributed by atoms with Crippen molar-refractivity contribution in [2.24, 2.45) is 5.41 Å². The fourth-order valence-corrected chi connectivity index (χ4v) is 2.93. The van der Waals surface area contributed by atoms with E-state index in [1.165, 1.54) is 5.01 Å². The van der Waals surface area contributed by atoms with Crippen molar-refractivity contribution >= 4 is 17.5 Å². The van der Waals surface area contributed by atoms with Gasteiger partial charge in [-0.25, -0.2) is 5.01 Å². The van der Waals surface area contributed by atoms with Crippen molar-refractivity contribution in [1.29, 1.82) is 0 Å². The highest BCUT2D eigenvalue weighted by Gasteiger charge is 2.54. The van der Waals surface area contributed by atoms with Crippen LogP contribution in [0.4, 0.5) is 5.69 Å². The summed E-state index contributed by atoms with van der Waals surface area (Å²) in [5.41, 5.74) is 2.66. The van der Waals surface area contributed by atoms with Gasteiger partial charge in [0.15, 0.2) is 0 Å². The second-order valence-electron chi connectivity index (χ2n) is 5.06. The quantitative estimate of drug-likeness (QED) is 0.768. The van der Waals surface area contributed by atoms with Gasteiger partial charge in [-0.15, -0.1) is 0 Å². The van der Waals surface area contributed by atoms with Gasteiger partial charge in [0, 0.05) is 0 Å². The van der Waals surface area contributed by atoms with Gasteiger partial charge in [0.1, 0.15) is 5.41 Å². The van der Waals surface area contributed by atoms with Crippen molar-refractivity contribution in [3.63, 3.8) is 0 Å². The zero-order chi connectivity index (χ0) is 12.6. The standard InChI is InChI=1S/C14H16N2O2/c17-12-14(9-5-2-6-10-14)13(18)16(15-12)11-7-3-1-4-8-11/h1,3-4,7-8H,2,5-6,9-10H2,(H,15,17). The molecule has 18 heavy (non-hydrogen) atoms. The summed E-state index contributed by atoms with van der Waals surface area (Å²) in [6.07, 6.45) is 4.40. The molecule has 0 radical (unpaired) electrons. The largest absolute Gasteiger partial charge is 0.272 e. The molecule has 4 nitrogen and oxygen atoms in total. The summed E-state index contributed by atoms with van der Waals surface area (Å²) in [6.45, 7) is 0. The number of hydrogen-bond donors (Lipinski definition) is 1. The van der Waals surface area contributed by atoms with Crippen molar-refractivity contribution in [2.75, 3.05) is 5.01 Å². The Morgan fingerprint density at radius 3 is 2.33 bits per heavy atom. The number of benzene rings is 1. The minimum Gasteiger partial charge on any atom is -0.272 e. The molecule has 4 heteroatoms. The van der Waals surface area contributed by atoms with Gasteiger partial charge >= 0.3 is 0 Å². The van der Waals surface area contributed by atoms with E-state index in [9.17, 15) is 9.59 Å². The highest BCUT2D eigenvalue weighted by molar-refractivity contribution is 6.18. The molecular weight excluding hydrogens is 228 g/mol. The third-order valence-electron chi connectivity index (χ3n) is 3.98. The molecule has 1 saturated heterocycles. The van der Waals surface area contributed by atoms with Crippen molar-refractivity contribution < 1.29 is 9.59 Å². The number of hydrogen-bond acceptors (Lipinski definition) is 2. The molecule has 3 rings (SSSR count). The summed E-state index contributed by atoms with van der Waals surface area (Å²) in [7, 11) is 0. The van der Waals surface area contributed by atoms with Crippen LogP contribution in [-0.2, 0) is 9.59 Å². The van der Waals surface area contributed by atoms with Crippen LogP contribution < -0.4 is 10.4 Å². The Morgan fingerprint density at radius 1 is 1.00 bits per heavy atom. The summed E-state index contributed by atoms with van der Waals surface area (Å²) < 4.78 is 0. The maximum Gasteiger partial charge on any atom is 0.261 e. The Bertz CT molecular complexity index is 478. The molecule has 1 aliphatic carbocycles. The van der Waals surface area contributed by atoms with Gasteiger partial charge in [0.25, 0.3) is 11.8 Å². The molecule has 2 aliphatic rings. The maximum absolute atomic E-state index is 12.5. The summed E-state index contributed by atoms with van der Waals surface area (Å²) >= 11 is 0. The summed E-state index contributed by atoms with van der Waals surface area (Å²) in [5, 5.41) is 1.41. The van der Waals surface area contributed by atoms with Crippen LogP contribution in [0.5, 0.6) is 0 Å². The summed E-state index contributed by atoms with van der Waals surface area (Å²) in [5.74, 6) is -0.213. The number of rotatable bonds is 1. The lowest BCUT2D eigenvalue weighted by molar-refractivity contribution is -0.137. The minimum absolute atomic E-state index is 0.0848. The zero-order valence-electron chi connectivity index (χ0n) is 10.2. The molecule has 1 aromatic carbocycles. The molecule has 0 unspecified atom stereocenters. The van der Waals surface area contributed by atoms with Gasteiger partial charge in [0.05, 0.1) is 5.69 Å². The van der Waals surface area contributed by atoms with Crippen LogP contribution in [0.15, 0.2) is 30.3 Å². The first kappa shape index (κ1) is 11.3. The first-order valence-corrected chi connectivity index (χ1v) is 6.45. The molecule has 1 aromatic rings. The average molecular weight is 244 g/mol. The second-order valence-corrected chi connectivity index (χ2v) is 5.06. The fourth-order valence-electron chi connectivity index (χ4n) is 2.93. The SMILES string of the molecule is O=C1NN(c2ccccc2)C(=O)C12CCCCC2. The third-order valence-corrected chi connectivity index (χ3v) is 3.98. The van der Waals surface area contributed by atoms with Crippen LogP contribution in [0.1, 0.15) is 32.1 Å². The van der Waals surface area contributed by atoms with Crippen LogP contribution in [0.2, 0.25) is 0 Å². The highest BCUT2D eigenvalue weighted by Crippen LogP contribution is 2.41. The Hall–Kier alpha value is -1.84. The predicted octanol–water partition coefficient (Wildman–Crippen LogP) is 2.01. The molecule has 2 fully saturated rings. The summed E-state index contributed by atoms with van der Waals surface area (Å²) in [4.78, 5) is 24.7. The van der Waals surface area contributed by atoms with Gasteiger partial charge in [0.2, 0.25) is 0 Å². The van der Waals surface area contributed by atoms with Gasteiger partial charge in [-0.3, -0.25) is 15.0 Å². The number of anilines is 1. The molecule has 1 spiro atoms. The molecule has 0 atom stereocenters. The van der Waals surface area contributed by atoms with Crippen molar-refractivity contribution in [2.45, 2.75) is 32.1 Å². The number of para-hydroxylation sites is 1. The monoisotopic (exact) mass is 244 g/mol. The van der Waals surface area contributed by atoms with E-state index in [2.05, 4.69) is 5.43 Å². The maximum atomic E-state index is 12.5. The second kappa shape index (κ2) is 4.12. The number of carbonyl (C=O) groups excluding carboxylic acids is 2. The number of nitrogens with zero attached hydrogens (tertiary/aromatic N) is 1. The van der Waals surface area contributed by atoms with Crippen molar-refractivity contribution in [3.8, 4) is 0 Å². The van der Waals surface area contributed by atoms with E-state index in [0.29, 0.717) is 12.8 Å². The number of nitrogens with one attached hydrogen (secondary N) is 1. The van der Waals surface area contributed by atoms with E-state index >= 15 is 0 Å². The lowest BCUT2D eigenvalue weighted by Crippen LogP contribution is -2.38. The molecule has 1 N–H and O–H groups in total. The first-order valence-electron chi connectivity index (χ1n) is 6.45. The Balaban J connectivity index is 1.93. The van der Waals surface area contributed by atoms with Crippen LogP contribution in [-0.4, -0.2) is 11.8 Å². The van der Waals surface area contributed by atoms with Crippen LogP contribution in [0, 0.1) is 5.41 Å². The Labute approximate surface area is 106 Å². The van der Waals surface area contributed by atoms with Gasteiger partial charge in [-0.1, -0.05) is 37.5 Å². The van der Waals surface area contributed by atoms with Gasteiger partial charge < -0.3 is 0 Å². The lowest BCUT2D eigenvalue weighted by Gasteiger charge is -2.27. The van der Waals surface area contributed by atoms with E-state index in [1.54, 1.807) is 0 Å². The lowest BCUT2D eigenvalue weighted by atomic mass is 9.73. The zero-order valence-corrected chi connectivity index (χ0v) is 10.2. The molecule has 1 aliphatic heterocycles. The minimum atomic E-state index is -0.798. The topological polar surface area (TPSA) is 49.4 Å². The molecule has 1 heterocycles. The van der Waals surface area contributed by atoms with Crippen LogP contribution in [0.3, 0.4) is 0 Å². The van der Waals surface area contributed by atoms with Crippen molar-refractivity contribution in [3.05, 3.63) is 30.3 Å². The van der Waals surface area contributed by atoms with Crippen LogP contribution in [0.25, 0.3) is 0 Å². The van der Waals surface area contributed by atoms with Crippen molar-refractivity contribution in [1.82, 2.24) is 5.43 Å². The number of carbonyl (C=O) groups is 2. The number of amides is 2. The predicted molar refractivity (Wildman–Crippen MR) is 67.6 cm³/mol. The molecule has 0 bridgehead atoms. The Morgan fingerprint density at radius 2 is 1.67 bits per heavy atom.